The number of hydrogen-bond donors (Lipinski definition) is 4. The summed E-state index contributed by atoms with van der Waals surface area (Å²) in [5.74, 6) is 0.451. The summed E-state index contributed by atoms with van der Waals surface area (Å²) in [5.41, 5.74) is 15.8. The first-order valence-corrected chi connectivity index (χ1v) is 7.25. The van der Waals surface area contributed by atoms with Crippen molar-refractivity contribution < 1.29 is 5.11 Å². The Balaban J connectivity index is -0.000000425. The average molecular weight is 285 g/mol. The molecule has 0 aromatic heterocycles. The molecule has 0 bridgehead atoms. The van der Waals surface area contributed by atoms with Gasteiger partial charge in [0, 0.05) is 0 Å². The van der Waals surface area contributed by atoms with Crippen LogP contribution < -0.4 is 17.2 Å². The minimum Gasteiger partial charge on any atom is -0.508 e. The van der Waals surface area contributed by atoms with Crippen LogP contribution in [0.5, 0.6) is 5.75 Å². The lowest BCUT2D eigenvalue weighted by Gasteiger charge is -2.05. The molecule has 120 valence electrons. The van der Waals surface area contributed by atoms with Crippen molar-refractivity contribution in [1.29, 1.82) is 0 Å². The first-order chi connectivity index (χ1) is 9.74. The maximum absolute atomic E-state index is 9.59. The zero-order valence-corrected chi connectivity index (χ0v) is 13.9. The SMILES string of the molecule is CCCCCCc1cc(C)ccc1O.CN.CN.CN. The topological polar surface area (TPSA) is 98.3 Å². The molecule has 0 aliphatic heterocycles. The highest BCUT2D eigenvalue weighted by atomic mass is 16.3. The molecule has 0 unspecified atom stereocenters. The minimum absolute atomic E-state index is 0.451. The predicted octanol–water partition coefficient (Wildman–Crippen LogP) is 2.55. The third kappa shape index (κ3) is 13.3. The quantitative estimate of drug-likeness (QED) is 0.625. The highest BCUT2D eigenvalue weighted by Gasteiger charge is 2.00. The fourth-order valence-electron chi connectivity index (χ4n) is 1.66. The molecule has 7 N–H and O–H groups in total. The van der Waals surface area contributed by atoms with Crippen LogP contribution in [-0.4, -0.2) is 26.2 Å². The van der Waals surface area contributed by atoms with Crippen LogP contribution in [0.3, 0.4) is 0 Å². The van der Waals surface area contributed by atoms with Gasteiger partial charge in [0.2, 0.25) is 0 Å². The van der Waals surface area contributed by atoms with Gasteiger partial charge in [-0.2, -0.15) is 0 Å². The zero-order valence-electron chi connectivity index (χ0n) is 13.9. The Morgan fingerprint density at radius 3 is 1.95 bits per heavy atom. The number of phenolic OH excluding ortho intramolecular Hbond substituents is 1. The van der Waals surface area contributed by atoms with E-state index in [-0.39, 0.29) is 0 Å². The van der Waals surface area contributed by atoms with Gasteiger partial charge in [0.25, 0.3) is 0 Å². The van der Waals surface area contributed by atoms with E-state index >= 15 is 0 Å². The third-order valence-electron chi connectivity index (χ3n) is 2.53. The standard InChI is InChI=1S/C13H20O.3CH5N/c1-3-4-5-6-7-12-10-11(2)8-9-13(12)14;3*1-2/h8-10,14H,3-7H2,1-2H3;3*2H2,1H3. The summed E-state index contributed by atoms with van der Waals surface area (Å²) in [6.07, 6.45) is 6.02. The number of benzene rings is 1. The van der Waals surface area contributed by atoms with Crippen LogP contribution in [-0.2, 0) is 6.42 Å². The first kappa shape index (κ1) is 24.0. The summed E-state index contributed by atoms with van der Waals surface area (Å²) in [5, 5.41) is 9.59. The van der Waals surface area contributed by atoms with E-state index in [1.54, 1.807) is 6.07 Å². The maximum Gasteiger partial charge on any atom is 0.118 e. The fourth-order valence-corrected chi connectivity index (χ4v) is 1.66. The normalized spacial score (nSPS) is 8.20. The molecule has 1 aromatic rings. The Hall–Kier alpha value is -1.10. The molecule has 0 fully saturated rings. The van der Waals surface area contributed by atoms with Crippen molar-refractivity contribution >= 4 is 0 Å². The van der Waals surface area contributed by atoms with Crippen molar-refractivity contribution in [2.75, 3.05) is 21.1 Å². The van der Waals surface area contributed by atoms with Crippen molar-refractivity contribution in [2.45, 2.75) is 46.0 Å². The molecule has 0 aliphatic rings. The third-order valence-corrected chi connectivity index (χ3v) is 2.53. The van der Waals surface area contributed by atoms with Crippen LogP contribution >= 0.6 is 0 Å². The fraction of sp³-hybridized carbons (Fsp3) is 0.625. The number of unbranched alkanes of at least 4 members (excludes halogenated alkanes) is 3. The molecule has 0 heterocycles. The van der Waals surface area contributed by atoms with E-state index in [1.165, 1.54) is 52.4 Å². The largest absolute Gasteiger partial charge is 0.508 e. The molecular formula is C16H35N3O. The summed E-state index contributed by atoms with van der Waals surface area (Å²) in [7, 11) is 4.50. The van der Waals surface area contributed by atoms with Crippen LogP contribution in [0.25, 0.3) is 0 Å². The van der Waals surface area contributed by atoms with Gasteiger partial charge in [-0.05, 0) is 52.5 Å². The molecule has 0 aliphatic carbocycles. The number of rotatable bonds is 5. The molecule has 0 atom stereocenters. The van der Waals surface area contributed by atoms with Crippen LogP contribution in [0.1, 0.15) is 43.7 Å². The number of aromatic hydroxyl groups is 1. The Kier molecular flexibility index (Phi) is 24.2. The second-order valence-electron chi connectivity index (χ2n) is 3.94. The molecule has 0 saturated carbocycles. The van der Waals surface area contributed by atoms with Gasteiger partial charge >= 0.3 is 0 Å². The lowest BCUT2D eigenvalue weighted by Crippen LogP contribution is -1.88. The van der Waals surface area contributed by atoms with Crippen LogP contribution in [0, 0.1) is 6.92 Å². The van der Waals surface area contributed by atoms with Crippen LogP contribution in [0.15, 0.2) is 18.2 Å². The summed E-state index contributed by atoms with van der Waals surface area (Å²) >= 11 is 0. The highest BCUT2D eigenvalue weighted by molar-refractivity contribution is 5.35. The van der Waals surface area contributed by atoms with Gasteiger partial charge in [0.1, 0.15) is 5.75 Å². The molecule has 0 amide bonds. The number of phenols is 1. The molecule has 1 aromatic carbocycles. The van der Waals surface area contributed by atoms with Gasteiger partial charge in [-0.15, -0.1) is 0 Å². The van der Waals surface area contributed by atoms with Gasteiger partial charge < -0.3 is 22.3 Å². The molecule has 0 spiro atoms. The lowest BCUT2D eigenvalue weighted by molar-refractivity contribution is 0.466. The van der Waals surface area contributed by atoms with E-state index in [4.69, 9.17) is 0 Å². The smallest absolute Gasteiger partial charge is 0.118 e. The Morgan fingerprint density at radius 1 is 0.900 bits per heavy atom. The zero-order chi connectivity index (χ0) is 16.4. The van der Waals surface area contributed by atoms with Gasteiger partial charge in [0.15, 0.2) is 0 Å². The molecule has 0 radical (unpaired) electrons. The lowest BCUT2D eigenvalue weighted by atomic mass is 10.0. The minimum atomic E-state index is 0.451. The summed E-state index contributed by atoms with van der Waals surface area (Å²) in [4.78, 5) is 0. The Morgan fingerprint density at radius 2 is 1.45 bits per heavy atom. The van der Waals surface area contributed by atoms with Crippen molar-refractivity contribution in [1.82, 2.24) is 0 Å². The highest BCUT2D eigenvalue weighted by Crippen LogP contribution is 2.20. The van der Waals surface area contributed by atoms with E-state index in [2.05, 4.69) is 37.1 Å². The maximum atomic E-state index is 9.59. The average Bonchev–Trinajstić information content (AvgIpc) is 2.53. The molecule has 0 saturated heterocycles. The first-order valence-electron chi connectivity index (χ1n) is 7.25. The van der Waals surface area contributed by atoms with Gasteiger partial charge in [0.05, 0.1) is 0 Å². The number of hydrogen-bond acceptors (Lipinski definition) is 4. The summed E-state index contributed by atoms with van der Waals surface area (Å²) < 4.78 is 0. The van der Waals surface area contributed by atoms with Gasteiger partial charge in [-0.25, -0.2) is 0 Å². The molecule has 4 heteroatoms. The second kappa shape index (κ2) is 20.2. The Bertz CT molecular complexity index is 291. The second-order valence-corrected chi connectivity index (χ2v) is 3.94. The molecule has 1 rings (SSSR count). The molecular weight excluding hydrogens is 250 g/mol. The molecule has 20 heavy (non-hydrogen) atoms. The van der Waals surface area contributed by atoms with E-state index < -0.39 is 0 Å². The molecule has 4 nitrogen and oxygen atoms in total. The van der Waals surface area contributed by atoms with Crippen molar-refractivity contribution in [3.63, 3.8) is 0 Å². The monoisotopic (exact) mass is 285 g/mol. The number of nitrogens with two attached hydrogens (primary N) is 3. The number of aryl methyl sites for hydroxylation is 2. The van der Waals surface area contributed by atoms with E-state index in [0.717, 1.165) is 12.0 Å². The van der Waals surface area contributed by atoms with E-state index in [1.807, 2.05) is 6.07 Å². The predicted molar refractivity (Wildman–Crippen MR) is 91.0 cm³/mol. The summed E-state index contributed by atoms with van der Waals surface area (Å²) in [6, 6.07) is 5.83. The van der Waals surface area contributed by atoms with Crippen molar-refractivity contribution in [3.05, 3.63) is 29.3 Å². The van der Waals surface area contributed by atoms with Gasteiger partial charge in [-0.1, -0.05) is 43.9 Å². The van der Waals surface area contributed by atoms with E-state index in [9.17, 15) is 5.11 Å². The van der Waals surface area contributed by atoms with Crippen LogP contribution in [0.4, 0.5) is 0 Å². The Labute approximate surface area is 125 Å². The van der Waals surface area contributed by atoms with Crippen molar-refractivity contribution in [2.24, 2.45) is 17.2 Å². The van der Waals surface area contributed by atoms with Crippen molar-refractivity contribution in [3.8, 4) is 5.75 Å². The van der Waals surface area contributed by atoms with Gasteiger partial charge in [-0.3, -0.25) is 0 Å². The van der Waals surface area contributed by atoms with E-state index in [0.29, 0.717) is 5.75 Å². The van der Waals surface area contributed by atoms with Crippen LogP contribution in [0.2, 0.25) is 0 Å². The summed E-state index contributed by atoms with van der Waals surface area (Å²) in [6.45, 7) is 4.28.